The molecule has 6 nitrogen and oxygen atoms in total. The molecule has 2 aromatic heterocycles. The minimum absolute atomic E-state index is 0.263. The van der Waals surface area contributed by atoms with Gasteiger partial charge in [0.2, 0.25) is 0 Å². The maximum atomic E-state index is 9.67. The summed E-state index contributed by atoms with van der Waals surface area (Å²) in [5.41, 5.74) is 3.01. The van der Waals surface area contributed by atoms with Crippen molar-refractivity contribution in [3.8, 4) is 6.07 Å². The lowest BCUT2D eigenvalue weighted by molar-refractivity contribution is 0.502. The second-order valence-electron chi connectivity index (χ2n) is 7.71. The molecular weight excluding hydrogens is 396 g/mol. The fourth-order valence-corrected chi connectivity index (χ4v) is 3.56. The van der Waals surface area contributed by atoms with Crippen LogP contribution in [0.3, 0.4) is 0 Å². The minimum Gasteiger partial charge on any atom is -0.369 e. The number of nitrogens with one attached hydrogen (secondary N) is 3. The van der Waals surface area contributed by atoms with Crippen molar-refractivity contribution < 1.29 is 0 Å². The largest absolute Gasteiger partial charge is 0.369 e. The lowest BCUT2D eigenvalue weighted by Gasteiger charge is -2.18. The molecule has 3 N–H and O–H groups in total. The number of benzene rings is 1. The predicted octanol–water partition coefficient (Wildman–Crippen LogP) is 3.74. The molecule has 0 aliphatic carbocycles. The zero-order valence-electron chi connectivity index (χ0n) is 18.7. The molecule has 0 amide bonds. The lowest BCUT2D eigenvalue weighted by Crippen LogP contribution is -2.39. The van der Waals surface area contributed by atoms with E-state index in [1.54, 1.807) is 12.4 Å². The summed E-state index contributed by atoms with van der Waals surface area (Å²) in [6, 6.07) is 22.6. The molecule has 0 aliphatic rings. The number of hydrogen-bond donors (Lipinski definition) is 3. The summed E-state index contributed by atoms with van der Waals surface area (Å²) in [6.07, 6.45) is 5.49. The van der Waals surface area contributed by atoms with Gasteiger partial charge in [-0.1, -0.05) is 43.3 Å². The average molecular weight is 429 g/mol. The van der Waals surface area contributed by atoms with Gasteiger partial charge in [-0.05, 0) is 41.8 Å². The number of hydrogen-bond acceptors (Lipinski definition) is 6. The van der Waals surface area contributed by atoms with Crippen LogP contribution in [0.25, 0.3) is 0 Å². The normalized spacial score (nSPS) is 12.6. The van der Waals surface area contributed by atoms with Crippen molar-refractivity contribution in [1.82, 2.24) is 20.6 Å². The van der Waals surface area contributed by atoms with Gasteiger partial charge in [-0.3, -0.25) is 4.98 Å². The highest BCUT2D eigenvalue weighted by atomic mass is 15.0. The number of rotatable bonds is 13. The Kier molecular flexibility index (Phi) is 9.66. The van der Waals surface area contributed by atoms with Gasteiger partial charge in [0.25, 0.3) is 0 Å². The predicted molar refractivity (Wildman–Crippen MR) is 130 cm³/mol. The summed E-state index contributed by atoms with van der Waals surface area (Å²) in [5.74, 6) is 0.646. The van der Waals surface area contributed by atoms with Gasteiger partial charge in [0.15, 0.2) is 0 Å². The summed E-state index contributed by atoms with van der Waals surface area (Å²) in [7, 11) is 0. The van der Waals surface area contributed by atoms with Crippen molar-refractivity contribution in [3.63, 3.8) is 0 Å². The van der Waals surface area contributed by atoms with E-state index >= 15 is 0 Å². The Bertz CT molecular complexity index is 955. The molecule has 0 bridgehead atoms. The molecular formula is C26H32N6. The van der Waals surface area contributed by atoms with Crippen LogP contribution in [0.15, 0.2) is 73.1 Å². The first-order valence-electron chi connectivity index (χ1n) is 11.3. The van der Waals surface area contributed by atoms with Gasteiger partial charge in [0.1, 0.15) is 5.82 Å². The number of nitrogens with zero attached hydrogens (tertiary/aromatic N) is 3. The van der Waals surface area contributed by atoms with Crippen molar-refractivity contribution >= 4 is 5.82 Å². The third kappa shape index (κ3) is 7.45. The fourth-order valence-electron chi connectivity index (χ4n) is 3.56. The van der Waals surface area contributed by atoms with E-state index in [1.165, 1.54) is 0 Å². The van der Waals surface area contributed by atoms with Gasteiger partial charge < -0.3 is 16.0 Å². The van der Waals surface area contributed by atoms with Crippen LogP contribution in [-0.2, 0) is 6.42 Å². The maximum absolute atomic E-state index is 9.67. The third-order valence-electron chi connectivity index (χ3n) is 5.42. The van der Waals surface area contributed by atoms with Crippen LogP contribution < -0.4 is 16.0 Å². The molecule has 0 aliphatic heterocycles. The summed E-state index contributed by atoms with van der Waals surface area (Å²) >= 11 is 0. The molecule has 1 aromatic carbocycles. The molecule has 2 heterocycles. The van der Waals surface area contributed by atoms with Crippen LogP contribution in [0.1, 0.15) is 36.1 Å². The highest BCUT2D eigenvalue weighted by Gasteiger charge is 2.13. The van der Waals surface area contributed by atoms with Crippen LogP contribution in [0.5, 0.6) is 0 Å². The van der Waals surface area contributed by atoms with Gasteiger partial charge in [-0.15, -0.1) is 0 Å². The Labute approximate surface area is 191 Å². The van der Waals surface area contributed by atoms with E-state index in [4.69, 9.17) is 0 Å². The summed E-state index contributed by atoms with van der Waals surface area (Å²) in [4.78, 5) is 8.78. The molecule has 166 valence electrons. The van der Waals surface area contributed by atoms with Crippen molar-refractivity contribution in [2.24, 2.45) is 0 Å². The molecule has 32 heavy (non-hydrogen) atoms. The van der Waals surface area contributed by atoms with E-state index in [0.29, 0.717) is 6.04 Å². The highest BCUT2D eigenvalue weighted by molar-refractivity contribution is 5.38. The molecule has 0 saturated carbocycles. The van der Waals surface area contributed by atoms with Gasteiger partial charge in [0, 0.05) is 56.7 Å². The quantitative estimate of drug-likeness (QED) is 0.360. The van der Waals surface area contributed by atoms with Gasteiger partial charge in [-0.2, -0.15) is 5.26 Å². The Morgan fingerprint density at radius 3 is 2.50 bits per heavy atom. The fraction of sp³-hybridized carbons (Fsp3) is 0.346. The van der Waals surface area contributed by atoms with Crippen molar-refractivity contribution in [2.45, 2.75) is 31.7 Å². The minimum atomic E-state index is -0.263. The lowest BCUT2D eigenvalue weighted by atomic mass is 9.93. The van der Waals surface area contributed by atoms with Crippen molar-refractivity contribution in [3.05, 3.63) is 89.9 Å². The van der Waals surface area contributed by atoms with Gasteiger partial charge in [-0.25, -0.2) is 4.98 Å². The Hall–Kier alpha value is -3.27. The van der Waals surface area contributed by atoms with Crippen LogP contribution in [-0.4, -0.2) is 42.2 Å². The Balaban J connectivity index is 1.37. The van der Waals surface area contributed by atoms with Crippen LogP contribution in [0, 0.1) is 11.3 Å². The molecule has 3 aromatic rings. The van der Waals surface area contributed by atoms with Crippen LogP contribution in [0.2, 0.25) is 0 Å². The van der Waals surface area contributed by atoms with Gasteiger partial charge >= 0.3 is 0 Å². The van der Waals surface area contributed by atoms with Crippen LogP contribution in [0.4, 0.5) is 5.82 Å². The maximum Gasteiger partial charge on any atom is 0.125 e. The smallest absolute Gasteiger partial charge is 0.125 e. The third-order valence-corrected chi connectivity index (χ3v) is 5.42. The van der Waals surface area contributed by atoms with E-state index in [9.17, 15) is 5.26 Å². The molecule has 0 radical (unpaired) electrons. The average Bonchev–Trinajstić information content (AvgIpc) is 2.85. The van der Waals surface area contributed by atoms with E-state index in [2.05, 4.69) is 45.0 Å². The molecule has 0 saturated heterocycles. The van der Waals surface area contributed by atoms with E-state index < -0.39 is 0 Å². The topological polar surface area (TPSA) is 85.7 Å². The second-order valence-corrected chi connectivity index (χ2v) is 7.71. The monoisotopic (exact) mass is 428 g/mol. The first-order valence-corrected chi connectivity index (χ1v) is 11.3. The zero-order valence-corrected chi connectivity index (χ0v) is 18.7. The highest BCUT2D eigenvalue weighted by Crippen LogP contribution is 2.23. The molecule has 0 fully saturated rings. The molecule has 3 rings (SSSR count). The number of nitriles is 1. The molecule has 2 unspecified atom stereocenters. The Morgan fingerprint density at radius 1 is 0.906 bits per heavy atom. The van der Waals surface area contributed by atoms with Crippen molar-refractivity contribution in [1.29, 1.82) is 5.26 Å². The SMILES string of the molecule is CCC(CNc1ccccn1)NCCNCCc1cc(C(C#N)c2ccccc2)ccn1. The van der Waals surface area contributed by atoms with Crippen molar-refractivity contribution in [2.75, 3.05) is 31.5 Å². The van der Waals surface area contributed by atoms with E-state index in [1.807, 2.05) is 54.6 Å². The Morgan fingerprint density at radius 2 is 1.75 bits per heavy atom. The summed E-state index contributed by atoms with van der Waals surface area (Å²) in [5, 5.41) is 20.1. The number of anilines is 1. The summed E-state index contributed by atoms with van der Waals surface area (Å²) in [6.45, 7) is 5.69. The number of pyridine rings is 2. The standard InChI is InChI=1S/C26H32N6/c1-2-23(20-32-26-10-6-7-13-31-26)30-17-16-28-14-12-24-18-22(11-15-29-24)25(19-27)21-8-4-3-5-9-21/h3-11,13,15,18,23,25,28,30H,2,12,14,16-17,20H2,1H3,(H,31,32). The molecule has 2 atom stereocenters. The van der Waals surface area contributed by atoms with Crippen LogP contribution >= 0.6 is 0 Å². The summed E-state index contributed by atoms with van der Waals surface area (Å²) < 4.78 is 0. The van der Waals surface area contributed by atoms with E-state index in [-0.39, 0.29) is 5.92 Å². The van der Waals surface area contributed by atoms with Gasteiger partial charge in [0.05, 0.1) is 12.0 Å². The first kappa shape index (κ1) is 23.4. The molecule has 6 heteroatoms. The first-order chi connectivity index (χ1) is 15.8. The second kappa shape index (κ2) is 13.2. The zero-order chi connectivity index (χ0) is 22.4. The molecule has 0 spiro atoms. The van der Waals surface area contributed by atoms with E-state index in [0.717, 1.165) is 61.7 Å². The number of aromatic nitrogens is 2.